The highest BCUT2D eigenvalue weighted by Crippen LogP contribution is 2.39. The first-order valence-electron chi connectivity index (χ1n) is 8.49. The van der Waals surface area contributed by atoms with Crippen molar-refractivity contribution in [2.45, 2.75) is 25.8 Å². The third-order valence-electron chi connectivity index (χ3n) is 5.28. The highest BCUT2D eigenvalue weighted by Gasteiger charge is 2.27. The summed E-state index contributed by atoms with van der Waals surface area (Å²) in [5, 5.41) is 1.53. The van der Waals surface area contributed by atoms with Crippen LogP contribution in [0.2, 0.25) is 0 Å². The molecule has 0 atom stereocenters. The minimum Gasteiger partial charge on any atom is -0.496 e. The molecular formula is C18H29N2OP. The molecule has 4 heteroatoms. The Balaban J connectivity index is 1.57. The average molecular weight is 320 g/mol. The van der Waals surface area contributed by atoms with Crippen LogP contribution in [0.5, 0.6) is 5.75 Å². The van der Waals surface area contributed by atoms with E-state index < -0.39 is 0 Å². The minimum absolute atomic E-state index is 0.0103. The fourth-order valence-electron chi connectivity index (χ4n) is 3.71. The van der Waals surface area contributed by atoms with Crippen molar-refractivity contribution in [2.75, 3.05) is 52.7 Å². The zero-order valence-electron chi connectivity index (χ0n) is 14.2. The summed E-state index contributed by atoms with van der Waals surface area (Å²) in [5.41, 5.74) is 1.24. The molecule has 122 valence electrons. The number of rotatable bonds is 3. The molecule has 3 nitrogen and oxygen atoms in total. The van der Waals surface area contributed by atoms with Gasteiger partial charge in [-0.2, -0.15) is 0 Å². The Morgan fingerprint density at radius 3 is 2.41 bits per heavy atom. The topological polar surface area (TPSA) is 15.7 Å². The summed E-state index contributed by atoms with van der Waals surface area (Å²) in [6, 6.07) is 7.67. The molecular weight excluding hydrogens is 291 g/mol. The van der Waals surface area contributed by atoms with Crippen molar-refractivity contribution in [3.63, 3.8) is 0 Å². The molecule has 0 unspecified atom stereocenters. The van der Waals surface area contributed by atoms with Gasteiger partial charge in [0, 0.05) is 19.1 Å². The van der Waals surface area contributed by atoms with Crippen molar-refractivity contribution in [3.05, 3.63) is 23.8 Å². The average Bonchev–Trinajstić information content (AvgIpc) is 2.56. The predicted octanol–water partition coefficient (Wildman–Crippen LogP) is 2.52. The molecule has 0 bridgehead atoms. The summed E-state index contributed by atoms with van der Waals surface area (Å²) < 4.78 is 5.50. The van der Waals surface area contributed by atoms with Crippen LogP contribution < -0.4 is 10.0 Å². The van der Waals surface area contributed by atoms with Gasteiger partial charge >= 0.3 is 0 Å². The largest absolute Gasteiger partial charge is 0.496 e. The van der Waals surface area contributed by atoms with E-state index in [1.807, 2.05) is 0 Å². The number of piperidine rings is 1. The molecule has 2 heterocycles. The van der Waals surface area contributed by atoms with Gasteiger partial charge in [-0.1, -0.05) is 20.1 Å². The van der Waals surface area contributed by atoms with Crippen molar-refractivity contribution in [1.29, 1.82) is 0 Å². The summed E-state index contributed by atoms with van der Waals surface area (Å²) in [7, 11) is 4.04. The van der Waals surface area contributed by atoms with Crippen LogP contribution in [0.15, 0.2) is 18.2 Å². The first-order chi connectivity index (χ1) is 10.7. The van der Waals surface area contributed by atoms with Crippen LogP contribution in [-0.4, -0.2) is 68.5 Å². The van der Waals surface area contributed by atoms with E-state index in [2.05, 4.69) is 42.0 Å². The molecule has 2 aliphatic rings. The number of likely N-dealkylation sites (tertiary alicyclic amines) is 1. The predicted molar refractivity (Wildman–Crippen MR) is 96.1 cm³/mol. The Morgan fingerprint density at radius 1 is 1.09 bits per heavy atom. The zero-order chi connectivity index (χ0) is 15.5. The van der Waals surface area contributed by atoms with Gasteiger partial charge in [-0.25, -0.2) is 0 Å². The summed E-state index contributed by atoms with van der Waals surface area (Å²) in [5.74, 6) is 1.05. The second-order valence-corrected chi connectivity index (χ2v) is 9.20. The quantitative estimate of drug-likeness (QED) is 0.796. The number of aryl methyl sites for hydroxylation is 1. The van der Waals surface area contributed by atoms with E-state index in [1.165, 1.54) is 62.2 Å². The standard InChI is InChI=1S/C18H29N2OP/c1-15-4-5-17(14-18(15)21-3)22-12-10-20(11-13-22)16-6-8-19(2)9-7-16/h4-5,14,16H,6-13H2,1-3H3. The van der Waals surface area contributed by atoms with Gasteiger partial charge in [0.25, 0.3) is 0 Å². The smallest absolute Gasteiger partial charge is 0.122 e. The molecule has 0 aromatic heterocycles. The molecule has 0 saturated carbocycles. The van der Waals surface area contributed by atoms with E-state index in [0.717, 1.165) is 11.8 Å². The van der Waals surface area contributed by atoms with Gasteiger partial charge in [-0.15, -0.1) is 0 Å². The second-order valence-electron chi connectivity index (χ2n) is 6.71. The van der Waals surface area contributed by atoms with Gasteiger partial charge in [0.2, 0.25) is 0 Å². The Labute approximate surface area is 136 Å². The lowest BCUT2D eigenvalue weighted by molar-refractivity contribution is 0.130. The van der Waals surface area contributed by atoms with E-state index in [-0.39, 0.29) is 7.92 Å². The number of methoxy groups -OCH3 is 1. The Kier molecular flexibility index (Phi) is 5.38. The number of nitrogens with zero attached hydrogens (tertiary/aromatic N) is 2. The summed E-state index contributed by atoms with van der Waals surface area (Å²) in [6.07, 6.45) is 5.42. The monoisotopic (exact) mass is 320 g/mol. The van der Waals surface area contributed by atoms with E-state index in [4.69, 9.17) is 4.74 Å². The lowest BCUT2D eigenvalue weighted by Crippen LogP contribution is -2.47. The van der Waals surface area contributed by atoms with Gasteiger partial charge < -0.3 is 9.64 Å². The summed E-state index contributed by atoms with van der Waals surface area (Å²) >= 11 is 0. The Hall–Kier alpha value is -0.630. The van der Waals surface area contributed by atoms with Crippen molar-refractivity contribution in [3.8, 4) is 5.75 Å². The number of hydrogen-bond donors (Lipinski definition) is 0. The molecule has 22 heavy (non-hydrogen) atoms. The highest BCUT2D eigenvalue weighted by atomic mass is 31.1. The molecule has 0 N–H and O–H groups in total. The van der Waals surface area contributed by atoms with Gasteiger partial charge in [-0.3, -0.25) is 4.90 Å². The van der Waals surface area contributed by atoms with Crippen LogP contribution in [0.1, 0.15) is 18.4 Å². The number of hydrogen-bond acceptors (Lipinski definition) is 3. The van der Waals surface area contributed by atoms with E-state index in [0.29, 0.717) is 0 Å². The second kappa shape index (κ2) is 7.29. The van der Waals surface area contributed by atoms with Gasteiger partial charge in [0.1, 0.15) is 5.75 Å². The van der Waals surface area contributed by atoms with Crippen molar-refractivity contribution >= 4 is 13.2 Å². The first-order valence-corrected chi connectivity index (χ1v) is 10.2. The molecule has 3 rings (SSSR count). The fraction of sp³-hybridized carbons (Fsp3) is 0.667. The molecule has 2 saturated heterocycles. The lowest BCUT2D eigenvalue weighted by Gasteiger charge is -2.41. The first kappa shape index (κ1) is 16.2. The summed E-state index contributed by atoms with van der Waals surface area (Å²) in [4.78, 5) is 5.23. The van der Waals surface area contributed by atoms with Crippen molar-refractivity contribution in [1.82, 2.24) is 9.80 Å². The maximum atomic E-state index is 5.50. The maximum absolute atomic E-state index is 5.50. The minimum atomic E-state index is 0.0103. The Morgan fingerprint density at radius 2 is 1.77 bits per heavy atom. The third kappa shape index (κ3) is 3.64. The van der Waals surface area contributed by atoms with Crippen LogP contribution in [0.3, 0.4) is 0 Å². The van der Waals surface area contributed by atoms with Crippen LogP contribution in [0.4, 0.5) is 0 Å². The highest BCUT2D eigenvalue weighted by molar-refractivity contribution is 7.65. The van der Waals surface area contributed by atoms with Gasteiger partial charge in [-0.05, 0) is 69.2 Å². The van der Waals surface area contributed by atoms with Crippen LogP contribution in [-0.2, 0) is 0 Å². The molecule has 1 aromatic rings. The molecule has 0 aliphatic carbocycles. The normalized spacial score (nSPS) is 22.9. The molecule has 0 spiro atoms. The SMILES string of the molecule is COc1cc(P2CCN(C3CCN(C)CC3)CC2)ccc1C. The molecule has 0 amide bonds. The zero-order valence-corrected chi connectivity index (χ0v) is 15.1. The van der Waals surface area contributed by atoms with E-state index in [1.54, 1.807) is 7.11 Å². The number of ether oxygens (including phenoxy) is 1. The van der Waals surface area contributed by atoms with Gasteiger partial charge in [0.15, 0.2) is 0 Å². The fourth-order valence-corrected chi connectivity index (χ4v) is 6.03. The van der Waals surface area contributed by atoms with Gasteiger partial charge in [0.05, 0.1) is 7.11 Å². The van der Waals surface area contributed by atoms with E-state index in [9.17, 15) is 0 Å². The van der Waals surface area contributed by atoms with Crippen LogP contribution in [0, 0.1) is 6.92 Å². The van der Waals surface area contributed by atoms with E-state index >= 15 is 0 Å². The maximum Gasteiger partial charge on any atom is 0.122 e. The lowest BCUT2D eigenvalue weighted by atomic mass is 10.0. The Bertz CT molecular complexity index is 492. The molecule has 2 fully saturated rings. The molecule has 1 aromatic carbocycles. The number of benzene rings is 1. The van der Waals surface area contributed by atoms with Crippen LogP contribution in [0.25, 0.3) is 0 Å². The summed E-state index contributed by atoms with van der Waals surface area (Å²) in [6.45, 7) is 7.24. The molecule has 0 radical (unpaired) electrons. The third-order valence-corrected chi connectivity index (χ3v) is 7.76. The van der Waals surface area contributed by atoms with Crippen molar-refractivity contribution < 1.29 is 4.74 Å². The molecule has 2 aliphatic heterocycles. The van der Waals surface area contributed by atoms with Crippen molar-refractivity contribution in [2.24, 2.45) is 0 Å². The van der Waals surface area contributed by atoms with Crippen LogP contribution >= 0.6 is 7.92 Å².